The average molecular weight is 522 g/mol. The maximum absolute atomic E-state index is 12.6. The molecular weight excluding hydrogens is 486 g/mol. The van der Waals surface area contributed by atoms with Crippen LogP contribution in [0.4, 0.5) is 16.3 Å². The van der Waals surface area contributed by atoms with Gasteiger partial charge in [-0.15, -0.1) is 11.8 Å². The second kappa shape index (κ2) is 10.1. The van der Waals surface area contributed by atoms with E-state index in [0.717, 1.165) is 63.2 Å². The number of hydrogen-bond acceptors (Lipinski definition) is 6. The van der Waals surface area contributed by atoms with Gasteiger partial charge in [0, 0.05) is 80.4 Å². The molecule has 196 valence electrons. The van der Waals surface area contributed by atoms with Gasteiger partial charge in [0.15, 0.2) is 5.82 Å². The van der Waals surface area contributed by atoms with E-state index in [1.165, 1.54) is 33.0 Å². The molecule has 0 aliphatic carbocycles. The number of fused-ring (bicyclic) bond motifs is 2. The highest BCUT2D eigenvalue weighted by molar-refractivity contribution is 7.98. The molecule has 0 spiro atoms. The number of nitrogens with zero attached hydrogens (tertiary/aromatic N) is 6. The largest absolute Gasteiger partial charge is 0.381 e. The Balaban J connectivity index is 1.45. The highest BCUT2D eigenvalue weighted by atomic mass is 32.2. The molecule has 0 unspecified atom stereocenters. The average Bonchev–Trinajstić information content (AvgIpc) is 3.55. The van der Waals surface area contributed by atoms with Crippen molar-refractivity contribution in [2.45, 2.75) is 49.6 Å². The first-order valence-corrected chi connectivity index (χ1v) is 14.4. The molecule has 2 amide bonds. The molecule has 37 heavy (non-hydrogen) atoms. The summed E-state index contributed by atoms with van der Waals surface area (Å²) in [5.41, 5.74) is 7.44. The first-order valence-electron chi connectivity index (χ1n) is 13.2. The lowest BCUT2D eigenvalue weighted by atomic mass is 9.96. The fourth-order valence-electron chi connectivity index (χ4n) is 6.00. The molecule has 1 aromatic carbocycles. The van der Waals surface area contributed by atoms with Gasteiger partial charge in [-0.25, -0.2) is 4.79 Å². The number of hydrogen-bond donors (Lipinski definition) is 1. The van der Waals surface area contributed by atoms with Crippen molar-refractivity contribution in [2.24, 2.45) is 7.05 Å². The smallest absolute Gasteiger partial charge is 0.317 e. The van der Waals surface area contributed by atoms with E-state index >= 15 is 0 Å². The molecule has 6 rings (SSSR count). The lowest BCUT2D eigenvalue weighted by Gasteiger charge is -2.33. The normalized spacial score (nSPS) is 18.0. The van der Waals surface area contributed by atoms with Crippen molar-refractivity contribution >= 4 is 29.3 Å². The summed E-state index contributed by atoms with van der Waals surface area (Å²) in [5.74, 6) is 1.01. The number of nitrogens with one attached hydrogen (secondary N) is 1. The second-order valence-corrected chi connectivity index (χ2v) is 11.0. The highest BCUT2D eigenvalue weighted by Gasteiger charge is 2.34. The zero-order chi connectivity index (χ0) is 25.5. The molecular formula is C27H35N7O2S. The Morgan fingerprint density at radius 2 is 2.03 bits per heavy atom. The van der Waals surface area contributed by atoms with Crippen LogP contribution in [0.1, 0.15) is 42.1 Å². The van der Waals surface area contributed by atoms with E-state index in [2.05, 4.69) is 44.6 Å². The third-order valence-electron chi connectivity index (χ3n) is 7.89. The number of urea groups is 1. The molecule has 3 aromatic rings. The van der Waals surface area contributed by atoms with E-state index in [1.807, 2.05) is 22.8 Å². The standard InChI is InChI=1S/C27H35N7O2S/c1-28-27(35)32-10-6-23-22(17-32)26(30-34(23)20-7-11-36-12-8-20)33-9-4-5-18-13-21(19-15-29-31(2)16-19)25(37-3)14-24(18)33/h13-16,20H,4-12,17H2,1-3H3,(H,28,35). The number of carbonyl (C=O) groups excluding carboxylic acids is 1. The number of benzene rings is 1. The van der Waals surface area contributed by atoms with E-state index < -0.39 is 0 Å². The van der Waals surface area contributed by atoms with E-state index in [1.54, 1.807) is 18.8 Å². The first-order chi connectivity index (χ1) is 18.1. The van der Waals surface area contributed by atoms with Gasteiger partial charge < -0.3 is 19.9 Å². The quantitative estimate of drug-likeness (QED) is 0.520. The molecule has 9 nitrogen and oxygen atoms in total. The van der Waals surface area contributed by atoms with E-state index in [-0.39, 0.29) is 6.03 Å². The summed E-state index contributed by atoms with van der Waals surface area (Å²) >= 11 is 1.77. The Morgan fingerprint density at radius 3 is 2.76 bits per heavy atom. The summed E-state index contributed by atoms with van der Waals surface area (Å²) in [7, 11) is 3.66. The summed E-state index contributed by atoms with van der Waals surface area (Å²) in [6.45, 7) is 3.77. The van der Waals surface area contributed by atoms with Crippen LogP contribution in [-0.4, -0.2) is 70.1 Å². The van der Waals surface area contributed by atoms with Gasteiger partial charge in [-0.05, 0) is 55.2 Å². The Bertz CT molecular complexity index is 1310. The van der Waals surface area contributed by atoms with Crippen LogP contribution in [0, 0.1) is 0 Å². The van der Waals surface area contributed by atoms with Crippen molar-refractivity contribution in [1.82, 2.24) is 29.8 Å². The lowest BCUT2D eigenvalue weighted by Crippen LogP contribution is -2.42. The molecule has 1 N–H and O–H groups in total. The Hall–Kier alpha value is -2.98. The summed E-state index contributed by atoms with van der Waals surface area (Å²) in [5, 5.41) is 12.5. The van der Waals surface area contributed by atoms with Crippen molar-refractivity contribution < 1.29 is 9.53 Å². The Morgan fingerprint density at radius 1 is 1.19 bits per heavy atom. The van der Waals surface area contributed by atoms with Crippen LogP contribution in [0.2, 0.25) is 0 Å². The zero-order valence-electron chi connectivity index (χ0n) is 21.9. The maximum atomic E-state index is 12.6. The lowest BCUT2D eigenvalue weighted by molar-refractivity contribution is 0.0651. The molecule has 0 radical (unpaired) electrons. The third kappa shape index (κ3) is 4.40. The molecule has 0 saturated carbocycles. The number of ether oxygens (including phenoxy) is 1. The highest BCUT2D eigenvalue weighted by Crippen LogP contribution is 2.43. The Kier molecular flexibility index (Phi) is 6.62. The SMILES string of the molecule is CNC(=O)N1CCc2c(c(N3CCCc4cc(-c5cnn(C)c5)c(SC)cc43)nn2C2CCOCC2)C1. The van der Waals surface area contributed by atoms with Crippen LogP contribution in [0.15, 0.2) is 29.4 Å². The van der Waals surface area contributed by atoms with E-state index in [4.69, 9.17) is 9.84 Å². The molecule has 1 saturated heterocycles. The topological polar surface area (TPSA) is 80.5 Å². The van der Waals surface area contributed by atoms with Gasteiger partial charge in [-0.3, -0.25) is 9.36 Å². The van der Waals surface area contributed by atoms with Crippen molar-refractivity contribution in [2.75, 3.05) is 44.5 Å². The molecule has 5 heterocycles. The van der Waals surface area contributed by atoms with Crippen molar-refractivity contribution in [3.05, 3.63) is 41.3 Å². The van der Waals surface area contributed by atoms with Gasteiger partial charge >= 0.3 is 6.03 Å². The summed E-state index contributed by atoms with van der Waals surface area (Å²) in [6, 6.07) is 5.01. The third-order valence-corrected chi connectivity index (χ3v) is 8.67. The number of carbonyl (C=O) groups is 1. The zero-order valence-corrected chi connectivity index (χ0v) is 22.7. The second-order valence-electron chi connectivity index (χ2n) is 10.1. The van der Waals surface area contributed by atoms with Crippen molar-refractivity contribution in [3.8, 4) is 11.1 Å². The predicted octanol–water partition coefficient (Wildman–Crippen LogP) is 4.14. The number of amides is 2. The van der Waals surface area contributed by atoms with Gasteiger partial charge in [0.2, 0.25) is 0 Å². The van der Waals surface area contributed by atoms with E-state index in [9.17, 15) is 4.79 Å². The predicted molar refractivity (Wildman–Crippen MR) is 146 cm³/mol. The van der Waals surface area contributed by atoms with Crippen LogP contribution < -0.4 is 10.2 Å². The van der Waals surface area contributed by atoms with Gasteiger partial charge in [0.25, 0.3) is 0 Å². The van der Waals surface area contributed by atoms with Crippen LogP contribution in [0.5, 0.6) is 0 Å². The summed E-state index contributed by atoms with van der Waals surface area (Å²) < 4.78 is 9.79. The summed E-state index contributed by atoms with van der Waals surface area (Å²) in [6.07, 6.45) is 11.1. The molecule has 0 atom stereocenters. The monoisotopic (exact) mass is 521 g/mol. The number of rotatable bonds is 4. The van der Waals surface area contributed by atoms with E-state index in [0.29, 0.717) is 19.1 Å². The number of aryl methyl sites for hydroxylation is 2. The molecule has 10 heteroatoms. The van der Waals surface area contributed by atoms with Gasteiger partial charge in [0.1, 0.15) is 0 Å². The molecule has 1 fully saturated rings. The van der Waals surface area contributed by atoms with Crippen molar-refractivity contribution in [1.29, 1.82) is 0 Å². The fourth-order valence-corrected chi connectivity index (χ4v) is 6.62. The minimum atomic E-state index is -0.0276. The molecule has 3 aliphatic heterocycles. The minimum Gasteiger partial charge on any atom is -0.381 e. The first kappa shape index (κ1) is 24.4. The van der Waals surface area contributed by atoms with Gasteiger partial charge in [0.05, 0.1) is 18.8 Å². The van der Waals surface area contributed by atoms with Crippen LogP contribution in [0.25, 0.3) is 11.1 Å². The molecule has 3 aliphatic rings. The maximum Gasteiger partial charge on any atom is 0.317 e. The van der Waals surface area contributed by atoms with Gasteiger partial charge in [-0.1, -0.05) is 0 Å². The number of anilines is 2. The molecule has 2 aromatic heterocycles. The fraction of sp³-hybridized carbons (Fsp3) is 0.519. The van der Waals surface area contributed by atoms with Crippen LogP contribution >= 0.6 is 11.8 Å². The molecule has 0 bridgehead atoms. The van der Waals surface area contributed by atoms with Crippen LogP contribution in [0.3, 0.4) is 0 Å². The van der Waals surface area contributed by atoms with Crippen LogP contribution in [-0.2, 0) is 31.2 Å². The Labute approximate surface area is 222 Å². The number of aromatic nitrogens is 4. The summed E-state index contributed by atoms with van der Waals surface area (Å²) in [4.78, 5) is 18.1. The van der Waals surface area contributed by atoms with Gasteiger partial charge in [-0.2, -0.15) is 10.2 Å². The van der Waals surface area contributed by atoms with Crippen molar-refractivity contribution in [3.63, 3.8) is 0 Å². The minimum absolute atomic E-state index is 0.0276. The number of thioether (sulfide) groups is 1.